The number of amides is 5. The van der Waals surface area contributed by atoms with Crippen LogP contribution in [0.1, 0.15) is 91.4 Å². The number of anilines is 1. The molecule has 3 unspecified atom stereocenters. The first-order chi connectivity index (χ1) is 37.9. The molecule has 0 spiro atoms. The minimum Gasteiger partial charge on any atom is -0.396 e. The zero-order chi connectivity index (χ0) is 56.6. The zero-order valence-electron chi connectivity index (χ0n) is 45.6. The maximum absolute atomic E-state index is 14.0. The van der Waals surface area contributed by atoms with Crippen molar-refractivity contribution in [3.63, 3.8) is 0 Å². The summed E-state index contributed by atoms with van der Waals surface area (Å²) in [6.45, 7) is 18.3. The number of nitrogens with one attached hydrogen (secondary N) is 1. The van der Waals surface area contributed by atoms with Crippen LogP contribution in [0.5, 0.6) is 0 Å². The van der Waals surface area contributed by atoms with Gasteiger partial charge in [0.05, 0.1) is 106 Å². The zero-order valence-corrected chi connectivity index (χ0v) is 46.4. The molecule has 2 bridgehead atoms. The predicted molar refractivity (Wildman–Crippen MR) is 306 cm³/mol. The maximum atomic E-state index is 14.0. The molecule has 4 aliphatic rings. The lowest BCUT2D eigenvalue weighted by molar-refractivity contribution is -0.141. The number of hydrazine groups is 1. The van der Waals surface area contributed by atoms with Gasteiger partial charge in [-0.05, 0) is 53.5 Å². The summed E-state index contributed by atoms with van der Waals surface area (Å²) in [5, 5.41) is 3.90. The summed E-state index contributed by atoms with van der Waals surface area (Å²) in [4.78, 5) is 78.1. The van der Waals surface area contributed by atoms with Gasteiger partial charge in [0, 0.05) is 43.5 Å². The highest BCUT2D eigenvalue weighted by Gasteiger charge is 2.53. The van der Waals surface area contributed by atoms with E-state index in [2.05, 4.69) is 78.8 Å². The summed E-state index contributed by atoms with van der Waals surface area (Å²) in [7, 11) is 0. The fraction of sp³-hybridized carbons (Fsp3) is 0.400. The molecule has 0 aliphatic carbocycles. The number of hydrogen-bond acceptors (Lipinski definition) is 14. The van der Waals surface area contributed by atoms with Crippen molar-refractivity contribution in [2.24, 2.45) is 11.6 Å². The second kappa shape index (κ2) is 31.5. The van der Waals surface area contributed by atoms with E-state index in [-0.39, 0.29) is 87.6 Å². The number of allylic oxidation sites excluding steroid dienone is 2. The lowest BCUT2D eigenvalue weighted by Gasteiger charge is -2.44. The molecule has 0 saturated carbocycles. The molecule has 18 heteroatoms. The Balaban J connectivity index is 0.00000132. The second-order valence-corrected chi connectivity index (χ2v) is 19.3. The Morgan fingerprint density at radius 1 is 0.731 bits per heavy atom. The fourth-order valence-corrected chi connectivity index (χ4v) is 10.8. The molecule has 8 rings (SSSR count). The molecule has 1 fully saturated rings. The number of thioether (sulfide) groups is 1. The van der Waals surface area contributed by atoms with Crippen molar-refractivity contribution >= 4 is 65.2 Å². The minimum atomic E-state index is -0.503. The highest BCUT2D eigenvalue weighted by Crippen LogP contribution is 2.55. The van der Waals surface area contributed by atoms with Crippen molar-refractivity contribution in [2.45, 2.75) is 76.3 Å². The normalized spacial score (nSPS) is 18.4. The van der Waals surface area contributed by atoms with Gasteiger partial charge in [-0.25, -0.2) is 5.84 Å². The molecule has 78 heavy (non-hydrogen) atoms. The Bertz CT molecular complexity index is 2700. The van der Waals surface area contributed by atoms with Crippen LogP contribution in [0.4, 0.5) is 5.69 Å². The molecule has 1 saturated heterocycles. The van der Waals surface area contributed by atoms with Crippen LogP contribution in [0, 0.1) is 0 Å². The first kappa shape index (κ1) is 61.9. The number of ether oxygens (including phenoxy) is 4. The van der Waals surface area contributed by atoms with Crippen molar-refractivity contribution in [3.05, 3.63) is 161 Å². The van der Waals surface area contributed by atoms with Gasteiger partial charge in [-0.15, -0.1) is 0 Å². The maximum Gasteiger partial charge on any atom is 0.242 e. The van der Waals surface area contributed by atoms with E-state index in [1.165, 1.54) is 34.0 Å². The molecule has 3 atom stereocenters. The van der Waals surface area contributed by atoms with Crippen molar-refractivity contribution in [1.29, 1.82) is 0 Å². The van der Waals surface area contributed by atoms with Crippen molar-refractivity contribution in [1.82, 2.24) is 20.1 Å². The van der Waals surface area contributed by atoms with Crippen LogP contribution in [0.15, 0.2) is 122 Å². The van der Waals surface area contributed by atoms with Gasteiger partial charge in [-0.2, -0.15) is 11.8 Å². The van der Waals surface area contributed by atoms with E-state index in [0.29, 0.717) is 75.3 Å². The van der Waals surface area contributed by atoms with Crippen LogP contribution in [-0.2, 0) is 66.2 Å². The Morgan fingerprint density at radius 3 is 1.94 bits per heavy atom. The second-order valence-electron chi connectivity index (χ2n) is 18.2. The third kappa shape index (κ3) is 15.0. The summed E-state index contributed by atoms with van der Waals surface area (Å²) in [6, 6.07) is 31.9. The quantitative estimate of drug-likeness (QED) is 0.0213. The van der Waals surface area contributed by atoms with Crippen molar-refractivity contribution in [3.8, 4) is 0 Å². The van der Waals surface area contributed by atoms with E-state index in [9.17, 15) is 24.0 Å². The van der Waals surface area contributed by atoms with Crippen molar-refractivity contribution in [2.75, 3.05) is 83.6 Å². The van der Waals surface area contributed by atoms with Gasteiger partial charge in [-0.3, -0.25) is 28.9 Å². The van der Waals surface area contributed by atoms with Gasteiger partial charge < -0.3 is 49.6 Å². The summed E-state index contributed by atoms with van der Waals surface area (Å²) in [5.41, 5.74) is 15.2. The SMILES string of the molecule is C=CC=C.C=O.CC.CSC1CC(=O)N(CCC(=O)NCCC(=O)N2Cc3ccccc3/C(N)=C(/N(N)CCOCCOCCOCCOCCC(=O)N3C4Cc5ccccc5C3(C)c3ccccc34)c3ccccc32)C1=O. The number of carbonyl (C=O) groups excluding carboxylic acids is 6. The number of likely N-dealkylation sites (tertiary alicyclic amines) is 1. The number of nitrogens with two attached hydrogens (primary N) is 2. The van der Waals surface area contributed by atoms with Crippen molar-refractivity contribution < 1.29 is 47.7 Å². The monoisotopic (exact) mass is 1090 g/mol. The lowest BCUT2D eigenvalue weighted by Crippen LogP contribution is -2.49. The minimum absolute atomic E-state index is 0.00289. The van der Waals surface area contributed by atoms with Crippen LogP contribution in [-0.4, -0.2) is 135 Å². The van der Waals surface area contributed by atoms with E-state index >= 15 is 0 Å². The number of nitrogens with zero attached hydrogens (tertiary/aromatic N) is 4. The van der Waals surface area contributed by atoms with Gasteiger partial charge in [-0.1, -0.05) is 130 Å². The van der Waals surface area contributed by atoms with E-state index in [4.69, 9.17) is 35.3 Å². The van der Waals surface area contributed by atoms with Crippen LogP contribution in [0.3, 0.4) is 0 Å². The first-order valence-electron chi connectivity index (χ1n) is 26.4. The van der Waals surface area contributed by atoms with Crippen LogP contribution < -0.4 is 21.8 Å². The van der Waals surface area contributed by atoms with Crippen LogP contribution in [0.2, 0.25) is 0 Å². The Morgan fingerprint density at radius 2 is 1.29 bits per heavy atom. The highest BCUT2D eigenvalue weighted by molar-refractivity contribution is 8.00. The number of rotatable bonds is 24. The van der Waals surface area contributed by atoms with E-state index < -0.39 is 10.8 Å². The molecule has 4 aromatic carbocycles. The van der Waals surface area contributed by atoms with E-state index in [1.54, 1.807) is 28.3 Å². The average molecular weight is 1090 g/mol. The van der Waals surface area contributed by atoms with Gasteiger partial charge in [0.25, 0.3) is 0 Å². The summed E-state index contributed by atoms with van der Waals surface area (Å²) in [6.07, 6.45) is 6.26. The number of carbonyl (C=O) groups is 6. The topological polar surface area (TPSA) is 216 Å². The Labute approximate surface area is 463 Å². The number of imide groups is 1. The van der Waals surface area contributed by atoms with E-state index in [1.807, 2.05) is 69.2 Å². The number of para-hydroxylation sites is 1. The molecule has 5 amide bonds. The Hall–Kier alpha value is -6.93. The lowest BCUT2D eigenvalue weighted by atomic mass is 9.80. The molecule has 0 aromatic heterocycles. The molecule has 5 N–H and O–H groups in total. The first-order valence-corrected chi connectivity index (χ1v) is 27.7. The van der Waals surface area contributed by atoms with Gasteiger partial charge in [0.15, 0.2) is 0 Å². The number of fused-ring (bicyclic) bond motifs is 9. The predicted octanol–water partition coefficient (Wildman–Crippen LogP) is 6.94. The molecule has 4 aliphatic heterocycles. The molecule has 0 radical (unpaired) electrons. The standard InChI is InChI=1S/C53H63N7O9S.C4H6.C2H6.CH2O/c1-53-41-16-8-4-11-36(41)33-44(39-14-6-9-17-42(39)53)60(53)48(63)21-25-66-27-29-68-31-32-69-30-28-67-26-24-59(55)51-40-15-7-10-18-43(40)58(35-37-12-3-5-13-38(37)50(51)54)47(62)19-22-56-46(61)20-23-57-49(64)34-45(70-2)52(57)65;1-3-4-2;2*1-2/h3-18,44-45H,19-35,54-55H2,1-2H3,(H,56,61);3-4H,1-2H2;1-2H3;1H2/b51-50-;;;. The average Bonchev–Trinajstić information content (AvgIpc) is 4.02. The van der Waals surface area contributed by atoms with E-state index in [0.717, 1.165) is 22.4 Å². The smallest absolute Gasteiger partial charge is 0.242 e. The summed E-state index contributed by atoms with van der Waals surface area (Å²) >= 11 is 1.32. The number of hydrogen-bond donors (Lipinski definition) is 3. The third-order valence-electron chi connectivity index (χ3n) is 13.7. The molecular formula is C60H77N7O10S. The number of benzene rings is 4. The summed E-state index contributed by atoms with van der Waals surface area (Å²) in [5.74, 6) is 5.71. The van der Waals surface area contributed by atoms with Gasteiger partial charge >= 0.3 is 0 Å². The molecule has 4 heterocycles. The third-order valence-corrected chi connectivity index (χ3v) is 14.7. The Kier molecular flexibility index (Phi) is 25.0. The van der Waals surface area contributed by atoms with Gasteiger partial charge in [0.1, 0.15) is 6.79 Å². The molecule has 4 aromatic rings. The van der Waals surface area contributed by atoms with Gasteiger partial charge in [0.2, 0.25) is 29.5 Å². The van der Waals surface area contributed by atoms with Crippen LogP contribution >= 0.6 is 11.8 Å². The molecular weight excluding hydrogens is 1010 g/mol. The largest absolute Gasteiger partial charge is 0.396 e. The fourth-order valence-electron chi connectivity index (χ4n) is 10.1. The highest BCUT2D eigenvalue weighted by atomic mass is 32.2. The molecule has 17 nitrogen and oxygen atoms in total. The van der Waals surface area contributed by atoms with Crippen LogP contribution in [0.25, 0.3) is 11.4 Å². The molecule has 418 valence electrons. The summed E-state index contributed by atoms with van der Waals surface area (Å²) < 4.78 is 23.1.